The SMILES string of the molecule is COC(=O)CCCCNC(=O)c1ccc(C)c(S(N)(=O)=O)c1. The van der Waals surface area contributed by atoms with E-state index in [1.54, 1.807) is 6.92 Å². The summed E-state index contributed by atoms with van der Waals surface area (Å²) in [7, 11) is -2.54. The van der Waals surface area contributed by atoms with Gasteiger partial charge in [-0.25, -0.2) is 13.6 Å². The molecule has 0 spiro atoms. The fourth-order valence-corrected chi connectivity index (χ4v) is 2.66. The molecule has 0 saturated heterocycles. The number of aryl methyl sites for hydroxylation is 1. The van der Waals surface area contributed by atoms with E-state index < -0.39 is 10.0 Å². The van der Waals surface area contributed by atoms with E-state index in [0.29, 0.717) is 31.4 Å². The van der Waals surface area contributed by atoms with Gasteiger partial charge in [0.05, 0.1) is 12.0 Å². The monoisotopic (exact) mass is 328 g/mol. The van der Waals surface area contributed by atoms with E-state index in [9.17, 15) is 18.0 Å². The van der Waals surface area contributed by atoms with Crippen LogP contribution in [-0.2, 0) is 19.6 Å². The van der Waals surface area contributed by atoms with Crippen LogP contribution in [0.5, 0.6) is 0 Å². The van der Waals surface area contributed by atoms with Crippen LogP contribution in [0.3, 0.4) is 0 Å². The lowest BCUT2D eigenvalue weighted by atomic mass is 10.1. The van der Waals surface area contributed by atoms with Crippen molar-refractivity contribution in [1.29, 1.82) is 0 Å². The van der Waals surface area contributed by atoms with E-state index >= 15 is 0 Å². The van der Waals surface area contributed by atoms with Gasteiger partial charge < -0.3 is 10.1 Å². The molecule has 8 heteroatoms. The summed E-state index contributed by atoms with van der Waals surface area (Å²) in [5.74, 6) is -0.675. The van der Waals surface area contributed by atoms with E-state index in [1.807, 2.05) is 0 Å². The molecule has 0 unspecified atom stereocenters. The molecule has 0 aliphatic heterocycles. The summed E-state index contributed by atoms with van der Waals surface area (Å²) in [6.45, 7) is 1.99. The molecule has 0 aromatic heterocycles. The molecule has 22 heavy (non-hydrogen) atoms. The maximum atomic E-state index is 11.9. The Labute approximate surface area is 129 Å². The molecule has 0 bridgehead atoms. The second-order valence-electron chi connectivity index (χ2n) is 4.81. The second-order valence-corrected chi connectivity index (χ2v) is 6.34. The smallest absolute Gasteiger partial charge is 0.305 e. The van der Waals surface area contributed by atoms with Gasteiger partial charge in [0, 0.05) is 18.5 Å². The summed E-state index contributed by atoms with van der Waals surface area (Å²) in [6, 6.07) is 4.33. The topological polar surface area (TPSA) is 116 Å². The number of ether oxygens (including phenoxy) is 1. The number of amides is 1. The molecule has 1 aromatic rings. The highest BCUT2D eigenvalue weighted by atomic mass is 32.2. The van der Waals surface area contributed by atoms with Crippen molar-refractivity contribution < 1.29 is 22.7 Å². The van der Waals surface area contributed by atoms with Crippen molar-refractivity contribution in [3.8, 4) is 0 Å². The lowest BCUT2D eigenvalue weighted by Crippen LogP contribution is -2.25. The molecule has 0 aliphatic rings. The Balaban J connectivity index is 2.58. The van der Waals surface area contributed by atoms with Crippen LogP contribution in [-0.4, -0.2) is 33.9 Å². The largest absolute Gasteiger partial charge is 0.469 e. The standard InChI is InChI=1S/C14H20N2O5S/c1-10-6-7-11(9-12(10)22(15,19)20)14(18)16-8-4-3-5-13(17)21-2/h6-7,9H,3-5,8H2,1-2H3,(H,16,18)(H2,15,19,20). The van der Waals surface area contributed by atoms with Gasteiger partial charge in [-0.1, -0.05) is 6.07 Å². The minimum atomic E-state index is -3.86. The van der Waals surface area contributed by atoms with Crippen LogP contribution in [0.4, 0.5) is 0 Å². The summed E-state index contributed by atoms with van der Waals surface area (Å²) in [4.78, 5) is 22.8. The van der Waals surface area contributed by atoms with E-state index in [4.69, 9.17) is 5.14 Å². The molecule has 0 aliphatic carbocycles. The van der Waals surface area contributed by atoms with Crippen molar-refractivity contribution in [1.82, 2.24) is 5.32 Å². The van der Waals surface area contributed by atoms with Crippen LogP contribution >= 0.6 is 0 Å². The minimum Gasteiger partial charge on any atom is -0.469 e. The summed E-state index contributed by atoms with van der Waals surface area (Å²) >= 11 is 0. The zero-order valence-corrected chi connectivity index (χ0v) is 13.4. The molecule has 7 nitrogen and oxygen atoms in total. The molecule has 0 saturated carbocycles. The Hall–Kier alpha value is -1.93. The summed E-state index contributed by atoms with van der Waals surface area (Å²) < 4.78 is 27.4. The van der Waals surface area contributed by atoms with E-state index in [-0.39, 0.29) is 22.3 Å². The first-order valence-electron chi connectivity index (χ1n) is 6.74. The van der Waals surface area contributed by atoms with Gasteiger partial charge in [0.25, 0.3) is 5.91 Å². The third-order valence-electron chi connectivity index (χ3n) is 3.08. The number of sulfonamides is 1. The van der Waals surface area contributed by atoms with Crippen LogP contribution < -0.4 is 10.5 Å². The van der Waals surface area contributed by atoms with Crippen molar-refractivity contribution in [2.24, 2.45) is 5.14 Å². The first-order valence-corrected chi connectivity index (χ1v) is 8.29. The van der Waals surface area contributed by atoms with Gasteiger partial charge in [-0.2, -0.15) is 0 Å². The maximum absolute atomic E-state index is 11.9. The van der Waals surface area contributed by atoms with Gasteiger partial charge in [0.1, 0.15) is 0 Å². The highest BCUT2D eigenvalue weighted by Gasteiger charge is 2.15. The fraction of sp³-hybridized carbons (Fsp3) is 0.429. The number of carbonyl (C=O) groups excluding carboxylic acids is 2. The fourth-order valence-electron chi connectivity index (χ4n) is 1.85. The number of unbranched alkanes of at least 4 members (excludes halogenated alkanes) is 1. The predicted molar refractivity (Wildman–Crippen MR) is 80.8 cm³/mol. The van der Waals surface area contributed by atoms with E-state index in [2.05, 4.69) is 10.1 Å². The number of rotatable bonds is 7. The molecule has 122 valence electrons. The van der Waals surface area contributed by atoms with Gasteiger partial charge in [-0.05, 0) is 37.5 Å². The molecule has 1 amide bonds. The molecule has 0 atom stereocenters. The van der Waals surface area contributed by atoms with Gasteiger partial charge in [-0.15, -0.1) is 0 Å². The molecular formula is C14H20N2O5S. The maximum Gasteiger partial charge on any atom is 0.305 e. The Morgan fingerprint density at radius 3 is 2.55 bits per heavy atom. The quantitative estimate of drug-likeness (QED) is 0.565. The lowest BCUT2D eigenvalue weighted by molar-refractivity contribution is -0.140. The number of carbonyl (C=O) groups is 2. The highest BCUT2D eigenvalue weighted by Crippen LogP contribution is 2.15. The first kappa shape index (κ1) is 18.1. The number of nitrogens with two attached hydrogens (primary N) is 1. The van der Waals surface area contributed by atoms with Gasteiger partial charge in [0.15, 0.2) is 0 Å². The number of nitrogens with one attached hydrogen (secondary N) is 1. The normalized spacial score (nSPS) is 11.0. The number of hydrogen-bond acceptors (Lipinski definition) is 5. The minimum absolute atomic E-state index is 0.0640. The van der Waals surface area contributed by atoms with Gasteiger partial charge >= 0.3 is 5.97 Å². The summed E-state index contributed by atoms with van der Waals surface area (Å²) in [6.07, 6.45) is 1.52. The Bertz CT molecular complexity index is 655. The third-order valence-corrected chi connectivity index (χ3v) is 4.13. The average molecular weight is 328 g/mol. The second kappa shape index (κ2) is 7.90. The van der Waals surface area contributed by atoms with E-state index in [0.717, 1.165) is 0 Å². The molecule has 0 fully saturated rings. The summed E-state index contributed by atoms with van der Waals surface area (Å²) in [5, 5.41) is 7.77. The molecule has 0 heterocycles. The van der Waals surface area contributed by atoms with Crippen molar-refractivity contribution in [2.45, 2.75) is 31.1 Å². The van der Waals surface area contributed by atoms with Crippen LogP contribution in [0, 0.1) is 6.92 Å². The molecular weight excluding hydrogens is 308 g/mol. The highest BCUT2D eigenvalue weighted by molar-refractivity contribution is 7.89. The van der Waals surface area contributed by atoms with Crippen molar-refractivity contribution >= 4 is 21.9 Å². The first-order chi connectivity index (χ1) is 10.3. The van der Waals surface area contributed by atoms with Crippen LogP contribution in [0.1, 0.15) is 35.2 Å². The molecule has 1 aromatic carbocycles. The molecule has 3 N–H and O–H groups in total. The average Bonchev–Trinajstić information content (AvgIpc) is 2.45. The third kappa shape index (κ3) is 5.45. The number of primary sulfonamides is 1. The van der Waals surface area contributed by atoms with Crippen LogP contribution in [0.15, 0.2) is 23.1 Å². The van der Waals surface area contributed by atoms with Crippen molar-refractivity contribution in [3.63, 3.8) is 0 Å². The Morgan fingerprint density at radius 1 is 1.27 bits per heavy atom. The number of methoxy groups -OCH3 is 1. The molecule has 1 rings (SSSR count). The van der Waals surface area contributed by atoms with E-state index in [1.165, 1.54) is 25.3 Å². The lowest BCUT2D eigenvalue weighted by Gasteiger charge is -2.08. The zero-order chi connectivity index (χ0) is 16.8. The van der Waals surface area contributed by atoms with Crippen molar-refractivity contribution in [3.05, 3.63) is 29.3 Å². The van der Waals surface area contributed by atoms with Crippen LogP contribution in [0.25, 0.3) is 0 Å². The van der Waals surface area contributed by atoms with Crippen molar-refractivity contribution in [2.75, 3.05) is 13.7 Å². The zero-order valence-electron chi connectivity index (χ0n) is 12.6. The number of benzene rings is 1. The Kier molecular flexibility index (Phi) is 6.51. The summed E-state index contributed by atoms with van der Waals surface area (Å²) in [5.41, 5.74) is 0.708. The van der Waals surface area contributed by atoms with Gasteiger partial charge in [0.2, 0.25) is 10.0 Å². The Morgan fingerprint density at radius 2 is 1.95 bits per heavy atom. The molecule has 0 radical (unpaired) electrons. The van der Waals surface area contributed by atoms with Crippen LogP contribution in [0.2, 0.25) is 0 Å². The van der Waals surface area contributed by atoms with Gasteiger partial charge in [-0.3, -0.25) is 9.59 Å². The number of hydrogen-bond donors (Lipinski definition) is 2. The predicted octanol–water partition coefficient (Wildman–Crippen LogP) is 0.716. The number of esters is 1.